The van der Waals surface area contributed by atoms with Crippen molar-refractivity contribution < 1.29 is 9.84 Å². The zero-order valence-electron chi connectivity index (χ0n) is 11.0. The summed E-state index contributed by atoms with van der Waals surface area (Å²) >= 11 is 3.43. The molecule has 4 heteroatoms. The molecule has 2 aromatic rings. The van der Waals surface area contributed by atoms with Crippen LogP contribution in [0.1, 0.15) is 12.0 Å². The van der Waals surface area contributed by atoms with Gasteiger partial charge >= 0.3 is 0 Å². The molecule has 0 bridgehead atoms. The number of para-hydroxylation sites is 1. The lowest BCUT2D eigenvalue weighted by Gasteiger charge is -2.39. The molecule has 2 N–H and O–H groups in total. The molecule has 0 amide bonds. The molecule has 3 rings (SSSR count). The van der Waals surface area contributed by atoms with E-state index in [0.29, 0.717) is 6.61 Å². The van der Waals surface area contributed by atoms with Crippen molar-refractivity contribution in [3.8, 4) is 5.75 Å². The number of hydrogen-bond acceptors (Lipinski definition) is 3. The predicted octanol–water partition coefficient (Wildman–Crippen LogP) is 3.53. The molecular formula is C16H16BrNO2. The van der Waals surface area contributed by atoms with E-state index in [2.05, 4.69) is 21.2 Å². The fraction of sp³-hybridized carbons (Fsp3) is 0.250. The first-order valence-corrected chi connectivity index (χ1v) is 7.40. The molecule has 1 unspecified atom stereocenters. The highest BCUT2D eigenvalue weighted by molar-refractivity contribution is 9.10. The molecule has 1 aliphatic rings. The van der Waals surface area contributed by atoms with Gasteiger partial charge in [0.1, 0.15) is 5.75 Å². The first kappa shape index (κ1) is 13.5. The Morgan fingerprint density at radius 3 is 2.65 bits per heavy atom. The largest absolute Gasteiger partial charge is 0.493 e. The second-order valence-electron chi connectivity index (χ2n) is 4.97. The highest BCUT2D eigenvalue weighted by atomic mass is 79.9. The van der Waals surface area contributed by atoms with Crippen LogP contribution in [0.25, 0.3) is 0 Å². The van der Waals surface area contributed by atoms with Gasteiger partial charge in [0.2, 0.25) is 0 Å². The molecule has 0 radical (unpaired) electrons. The van der Waals surface area contributed by atoms with E-state index < -0.39 is 5.54 Å². The van der Waals surface area contributed by atoms with Crippen LogP contribution < -0.4 is 10.1 Å². The molecule has 2 aromatic carbocycles. The van der Waals surface area contributed by atoms with E-state index in [1.807, 2.05) is 48.5 Å². The van der Waals surface area contributed by atoms with Gasteiger partial charge in [0.05, 0.1) is 18.8 Å². The van der Waals surface area contributed by atoms with Crippen LogP contribution in [0.5, 0.6) is 5.75 Å². The smallest absolute Gasteiger partial charge is 0.124 e. The lowest BCUT2D eigenvalue weighted by atomic mass is 9.85. The Hall–Kier alpha value is -1.52. The number of ether oxygens (including phenoxy) is 1. The summed E-state index contributed by atoms with van der Waals surface area (Å²) in [6.07, 6.45) is 0.733. The first-order chi connectivity index (χ1) is 9.73. The van der Waals surface area contributed by atoms with Gasteiger partial charge < -0.3 is 15.2 Å². The van der Waals surface area contributed by atoms with Crippen molar-refractivity contribution in [3.05, 3.63) is 58.6 Å². The Kier molecular flexibility index (Phi) is 3.68. The van der Waals surface area contributed by atoms with Gasteiger partial charge in [0, 0.05) is 22.1 Å². The van der Waals surface area contributed by atoms with Crippen LogP contribution in [0.2, 0.25) is 0 Å². The summed E-state index contributed by atoms with van der Waals surface area (Å²) in [5, 5.41) is 13.5. The van der Waals surface area contributed by atoms with Crippen LogP contribution in [0.3, 0.4) is 0 Å². The number of aliphatic hydroxyl groups excluding tert-OH is 1. The van der Waals surface area contributed by atoms with Crippen LogP contribution >= 0.6 is 15.9 Å². The van der Waals surface area contributed by atoms with E-state index in [9.17, 15) is 5.11 Å². The standard InChI is InChI=1S/C16H16BrNO2/c17-12-5-7-13(8-6-12)18-16(11-19)9-10-20-15-4-2-1-3-14(15)16/h1-8,18-19H,9-11H2. The summed E-state index contributed by atoms with van der Waals surface area (Å²) in [6.45, 7) is 0.630. The molecule has 1 heterocycles. The van der Waals surface area contributed by atoms with Crippen molar-refractivity contribution in [1.82, 2.24) is 0 Å². The number of aliphatic hydroxyl groups is 1. The molecule has 0 fully saturated rings. The molecular weight excluding hydrogens is 318 g/mol. The Morgan fingerprint density at radius 2 is 1.90 bits per heavy atom. The zero-order valence-corrected chi connectivity index (χ0v) is 12.6. The van der Waals surface area contributed by atoms with Crippen LogP contribution in [0, 0.1) is 0 Å². The van der Waals surface area contributed by atoms with Gasteiger partial charge in [-0.2, -0.15) is 0 Å². The Bertz CT molecular complexity index is 600. The third-order valence-electron chi connectivity index (χ3n) is 3.69. The molecule has 3 nitrogen and oxygen atoms in total. The van der Waals surface area contributed by atoms with Gasteiger partial charge in [-0.15, -0.1) is 0 Å². The maximum atomic E-state index is 9.98. The van der Waals surface area contributed by atoms with Gasteiger partial charge in [0.15, 0.2) is 0 Å². The van der Waals surface area contributed by atoms with Crippen molar-refractivity contribution >= 4 is 21.6 Å². The minimum absolute atomic E-state index is 0.0312. The molecule has 104 valence electrons. The van der Waals surface area contributed by atoms with Crippen molar-refractivity contribution in [3.63, 3.8) is 0 Å². The minimum atomic E-state index is -0.483. The molecule has 0 aliphatic carbocycles. The normalized spacial score (nSPS) is 20.9. The summed E-state index contributed by atoms with van der Waals surface area (Å²) in [7, 11) is 0. The molecule has 0 spiro atoms. The Balaban J connectivity index is 1.98. The summed E-state index contributed by atoms with van der Waals surface area (Å²) in [5.74, 6) is 0.845. The number of fused-ring (bicyclic) bond motifs is 1. The van der Waals surface area contributed by atoms with E-state index in [0.717, 1.165) is 27.9 Å². The summed E-state index contributed by atoms with van der Waals surface area (Å²) < 4.78 is 6.71. The maximum absolute atomic E-state index is 9.98. The number of benzene rings is 2. The van der Waals surface area contributed by atoms with Gasteiger partial charge in [-0.25, -0.2) is 0 Å². The van der Waals surface area contributed by atoms with Crippen LogP contribution in [0.15, 0.2) is 53.0 Å². The summed E-state index contributed by atoms with van der Waals surface area (Å²) in [5.41, 5.74) is 1.51. The zero-order chi connectivity index (χ0) is 14.0. The molecule has 1 aliphatic heterocycles. The van der Waals surface area contributed by atoms with Crippen molar-refractivity contribution in [1.29, 1.82) is 0 Å². The lowest BCUT2D eigenvalue weighted by Crippen LogP contribution is -2.43. The first-order valence-electron chi connectivity index (χ1n) is 6.60. The second-order valence-corrected chi connectivity index (χ2v) is 5.88. The number of hydrogen-bond donors (Lipinski definition) is 2. The van der Waals surface area contributed by atoms with E-state index in [1.165, 1.54) is 0 Å². The van der Waals surface area contributed by atoms with Gasteiger partial charge in [-0.1, -0.05) is 34.1 Å². The quantitative estimate of drug-likeness (QED) is 0.902. The van der Waals surface area contributed by atoms with Gasteiger partial charge in [-0.05, 0) is 30.3 Å². The molecule has 20 heavy (non-hydrogen) atoms. The lowest BCUT2D eigenvalue weighted by molar-refractivity contribution is 0.152. The Morgan fingerprint density at radius 1 is 1.15 bits per heavy atom. The highest BCUT2D eigenvalue weighted by Crippen LogP contribution is 2.39. The van der Waals surface area contributed by atoms with Gasteiger partial charge in [0.25, 0.3) is 0 Å². The summed E-state index contributed by atoms with van der Waals surface area (Å²) in [4.78, 5) is 0. The highest BCUT2D eigenvalue weighted by Gasteiger charge is 2.37. The SMILES string of the molecule is OCC1(Nc2ccc(Br)cc2)CCOc2ccccc21. The van der Waals surface area contributed by atoms with Crippen LogP contribution in [-0.4, -0.2) is 18.3 Å². The van der Waals surface area contributed by atoms with E-state index in [1.54, 1.807) is 0 Å². The topological polar surface area (TPSA) is 41.5 Å². The molecule has 1 atom stereocenters. The van der Waals surface area contributed by atoms with E-state index >= 15 is 0 Å². The maximum Gasteiger partial charge on any atom is 0.124 e. The fourth-order valence-electron chi connectivity index (χ4n) is 2.60. The number of rotatable bonds is 3. The predicted molar refractivity (Wildman–Crippen MR) is 83.1 cm³/mol. The Labute approximate surface area is 126 Å². The minimum Gasteiger partial charge on any atom is -0.493 e. The number of anilines is 1. The van der Waals surface area contributed by atoms with E-state index in [-0.39, 0.29) is 6.61 Å². The second kappa shape index (κ2) is 5.46. The monoisotopic (exact) mass is 333 g/mol. The average Bonchev–Trinajstić information content (AvgIpc) is 2.50. The van der Waals surface area contributed by atoms with Crippen molar-refractivity contribution in [2.24, 2.45) is 0 Å². The van der Waals surface area contributed by atoms with Crippen LogP contribution in [-0.2, 0) is 5.54 Å². The van der Waals surface area contributed by atoms with Crippen molar-refractivity contribution in [2.45, 2.75) is 12.0 Å². The molecule has 0 aromatic heterocycles. The number of halogens is 1. The summed E-state index contributed by atoms with van der Waals surface area (Å²) in [6, 6.07) is 15.8. The average molecular weight is 334 g/mol. The van der Waals surface area contributed by atoms with Crippen molar-refractivity contribution in [2.75, 3.05) is 18.5 Å². The van der Waals surface area contributed by atoms with Crippen LogP contribution in [0.4, 0.5) is 5.69 Å². The molecule has 0 saturated carbocycles. The molecule has 0 saturated heterocycles. The third kappa shape index (κ3) is 2.41. The van der Waals surface area contributed by atoms with Gasteiger partial charge in [-0.3, -0.25) is 0 Å². The third-order valence-corrected chi connectivity index (χ3v) is 4.22. The number of nitrogens with one attached hydrogen (secondary N) is 1. The van der Waals surface area contributed by atoms with E-state index in [4.69, 9.17) is 4.74 Å². The fourth-order valence-corrected chi connectivity index (χ4v) is 2.87.